The first-order chi connectivity index (χ1) is 6.59. The van der Waals surface area contributed by atoms with Gasteiger partial charge in [-0.05, 0) is 18.6 Å². The van der Waals surface area contributed by atoms with E-state index in [-0.39, 0.29) is 12.5 Å². The molecule has 1 aromatic heterocycles. The van der Waals surface area contributed by atoms with Crippen LogP contribution in [0, 0.1) is 5.82 Å². The van der Waals surface area contributed by atoms with Crippen molar-refractivity contribution in [2.75, 3.05) is 0 Å². The lowest BCUT2D eigenvalue weighted by Crippen LogP contribution is -2.23. The van der Waals surface area contributed by atoms with E-state index in [1.54, 1.807) is 6.92 Å². The minimum atomic E-state index is -0.410. The van der Waals surface area contributed by atoms with E-state index in [0.717, 1.165) is 6.20 Å². The Balaban J connectivity index is 2.54. The highest BCUT2D eigenvalue weighted by molar-refractivity contribution is 5.91. The Bertz CT molecular complexity index is 363. The van der Waals surface area contributed by atoms with Gasteiger partial charge in [0.2, 0.25) is 5.91 Å². The summed E-state index contributed by atoms with van der Waals surface area (Å²) in [5.41, 5.74) is 1.05. The number of amides is 1. The minimum Gasteiger partial charge on any atom is -0.348 e. The second-order valence-electron chi connectivity index (χ2n) is 2.97. The molecule has 74 valence electrons. The van der Waals surface area contributed by atoms with Crippen LogP contribution in [0.4, 0.5) is 4.39 Å². The van der Waals surface area contributed by atoms with Crippen LogP contribution >= 0.6 is 0 Å². The van der Waals surface area contributed by atoms with Crippen molar-refractivity contribution in [2.45, 2.75) is 13.5 Å². The van der Waals surface area contributed by atoms with Gasteiger partial charge in [-0.25, -0.2) is 4.39 Å². The third-order valence-corrected chi connectivity index (χ3v) is 1.60. The molecule has 0 aliphatic heterocycles. The van der Waals surface area contributed by atoms with Crippen LogP contribution in [0.1, 0.15) is 12.5 Å². The molecule has 14 heavy (non-hydrogen) atoms. The summed E-state index contributed by atoms with van der Waals surface area (Å²) in [5.74, 6) is -0.652. The van der Waals surface area contributed by atoms with Crippen molar-refractivity contribution in [3.05, 3.63) is 42.0 Å². The Hall–Kier alpha value is -1.71. The van der Waals surface area contributed by atoms with E-state index in [1.165, 1.54) is 12.3 Å². The number of carbonyl (C=O) groups excluding carboxylic acids is 1. The summed E-state index contributed by atoms with van der Waals surface area (Å²) in [7, 11) is 0. The molecule has 0 saturated heterocycles. The molecule has 0 aliphatic carbocycles. The maximum Gasteiger partial charge on any atom is 0.246 e. The lowest BCUT2D eigenvalue weighted by molar-refractivity contribution is -0.117. The van der Waals surface area contributed by atoms with Crippen LogP contribution in [0.2, 0.25) is 0 Å². The zero-order valence-corrected chi connectivity index (χ0v) is 7.88. The number of hydrogen-bond donors (Lipinski definition) is 1. The van der Waals surface area contributed by atoms with Gasteiger partial charge in [-0.15, -0.1) is 0 Å². The Morgan fingerprint density at radius 3 is 2.93 bits per heavy atom. The second kappa shape index (κ2) is 4.50. The lowest BCUT2D eigenvalue weighted by atomic mass is 10.2. The van der Waals surface area contributed by atoms with Crippen LogP contribution in [0.3, 0.4) is 0 Å². The molecule has 0 radical (unpaired) electrons. The van der Waals surface area contributed by atoms with Crippen molar-refractivity contribution in [1.29, 1.82) is 0 Å². The van der Waals surface area contributed by atoms with Gasteiger partial charge in [0.1, 0.15) is 5.82 Å². The monoisotopic (exact) mass is 194 g/mol. The Kier molecular flexibility index (Phi) is 3.34. The number of nitrogens with one attached hydrogen (secondary N) is 1. The molecule has 0 fully saturated rings. The van der Waals surface area contributed by atoms with E-state index in [2.05, 4.69) is 16.9 Å². The highest BCUT2D eigenvalue weighted by Gasteiger charge is 2.01. The van der Waals surface area contributed by atoms with Crippen LogP contribution in [0.5, 0.6) is 0 Å². The lowest BCUT2D eigenvalue weighted by Gasteiger charge is -2.03. The summed E-state index contributed by atoms with van der Waals surface area (Å²) >= 11 is 0. The molecule has 0 aliphatic rings. The van der Waals surface area contributed by atoms with Gasteiger partial charge in [-0.2, -0.15) is 0 Å². The SMILES string of the molecule is C=C(C)C(=O)NCc1cncc(F)c1. The fourth-order valence-electron chi connectivity index (χ4n) is 0.886. The summed E-state index contributed by atoms with van der Waals surface area (Å²) < 4.78 is 12.7. The molecular formula is C10H11FN2O. The van der Waals surface area contributed by atoms with E-state index in [9.17, 15) is 9.18 Å². The average molecular weight is 194 g/mol. The van der Waals surface area contributed by atoms with Gasteiger partial charge in [-0.3, -0.25) is 9.78 Å². The first-order valence-electron chi connectivity index (χ1n) is 4.12. The van der Waals surface area contributed by atoms with Crippen molar-refractivity contribution >= 4 is 5.91 Å². The Morgan fingerprint density at radius 2 is 2.36 bits per heavy atom. The number of pyridine rings is 1. The van der Waals surface area contributed by atoms with Crippen molar-refractivity contribution in [2.24, 2.45) is 0 Å². The second-order valence-corrected chi connectivity index (χ2v) is 2.97. The molecule has 0 spiro atoms. The summed E-state index contributed by atoms with van der Waals surface area (Å²) in [5, 5.41) is 2.58. The molecule has 1 rings (SSSR count). The number of nitrogens with zero attached hydrogens (tertiary/aromatic N) is 1. The van der Waals surface area contributed by atoms with E-state index < -0.39 is 5.82 Å². The normalized spacial score (nSPS) is 9.57. The molecule has 4 heteroatoms. The quantitative estimate of drug-likeness (QED) is 0.739. The van der Waals surface area contributed by atoms with E-state index in [4.69, 9.17) is 0 Å². The Morgan fingerprint density at radius 1 is 1.64 bits per heavy atom. The zero-order valence-electron chi connectivity index (χ0n) is 7.88. The Labute approximate surface area is 81.7 Å². The molecule has 3 nitrogen and oxygen atoms in total. The predicted octanol–water partition coefficient (Wildman–Crippen LogP) is 1.41. The molecule has 1 aromatic rings. The van der Waals surface area contributed by atoms with E-state index in [1.807, 2.05) is 0 Å². The number of halogens is 1. The average Bonchev–Trinajstić information content (AvgIpc) is 2.14. The van der Waals surface area contributed by atoms with Crippen LogP contribution in [-0.2, 0) is 11.3 Å². The summed E-state index contributed by atoms with van der Waals surface area (Å²) in [6.07, 6.45) is 2.62. The minimum absolute atomic E-state index is 0.241. The molecular weight excluding hydrogens is 183 g/mol. The summed E-state index contributed by atoms with van der Waals surface area (Å²) in [6.45, 7) is 5.35. The van der Waals surface area contributed by atoms with Gasteiger partial charge in [0.25, 0.3) is 0 Å². The molecule has 1 N–H and O–H groups in total. The zero-order chi connectivity index (χ0) is 10.6. The fourth-order valence-corrected chi connectivity index (χ4v) is 0.886. The first-order valence-corrected chi connectivity index (χ1v) is 4.12. The van der Waals surface area contributed by atoms with Gasteiger partial charge in [0, 0.05) is 18.3 Å². The highest BCUT2D eigenvalue weighted by Crippen LogP contribution is 2.00. The molecule has 0 atom stereocenters. The highest BCUT2D eigenvalue weighted by atomic mass is 19.1. The van der Waals surface area contributed by atoms with Crippen LogP contribution in [-0.4, -0.2) is 10.9 Å². The fraction of sp³-hybridized carbons (Fsp3) is 0.200. The number of carbonyl (C=O) groups is 1. The smallest absolute Gasteiger partial charge is 0.246 e. The van der Waals surface area contributed by atoms with Gasteiger partial charge in [-0.1, -0.05) is 6.58 Å². The largest absolute Gasteiger partial charge is 0.348 e. The first kappa shape index (κ1) is 10.4. The molecule has 0 saturated carbocycles. The van der Waals surface area contributed by atoms with Crippen molar-refractivity contribution < 1.29 is 9.18 Å². The van der Waals surface area contributed by atoms with Crippen LogP contribution in [0.15, 0.2) is 30.6 Å². The van der Waals surface area contributed by atoms with Gasteiger partial charge in [0.05, 0.1) is 6.20 Å². The van der Waals surface area contributed by atoms with Crippen molar-refractivity contribution in [1.82, 2.24) is 10.3 Å². The van der Waals surface area contributed by atoms with Crippen molar-refractivity contribution in [3.63, 3.8) is 0 Å². The van der Waals surface area contributed by atoms with Gasteiger partial charge >= 0.3 is 0 Å². The van der Waals surface area contributed by atoms with E-state index >= 15 is 0 Å². The molecule has 0 aromatic carbocycles. The van der Waals surface area contributed by atoms with Gasteiger partial charge < -0.3 is 5.32 Å². The molecule has 0 unspecified atom stereocenters. The van der Waals surface area contributed by atoms with Gasteiger partial charge in [0.15, 0.2) is 0 Å². The topological polar surface area (TPSA) is 42.0 Å². The number of rotatable bonds is 3. The third-order valence-electron chi connectivity index (χ3n) is 1.60. The molecule has 1 heterocycles. The summed E-state index contributed by atoms with van der Waals surface area (Å²) in [6, 6.07) is 1.33. The van der Waals surface area contributed by atoms with Crippen LogP contribution < -0.4 is 5.32 Å². The number of aromatic nitrogens is 1. The maximum absolute atomic E-state index is 12.7. The predicted molar refractivity (Wildman–Crippen MR) is 50.9 cm³/mol. The summed E-state index contributed by atoms with van der Waals surface area (Å²) in [4.78, 5) is 14.7. The third kappa shape index (κ3) is 2.97. The van der Waals surface area contributed by atoms with Crippen LogP contribution in [0.25, 0.3) is 0 Å². The maximum atomic E-state index is 12.7. The van der Waals surface area contributed by atoms with E-state index in [0.29, 0.717) is 11.1 Å². The number of hydrogen-bond acceptors (Lipinski definition) is 2. The molecule has 0 bridgehead atoms. The van der Waals surface area contributed by atoms with Crippen molar-refractivity contribution in [3.8, 4) is 0 Å². The standard InChI is InChI=1S/C10H11FN2O/c1-7(2)10(14)13-5-8-3-9(11)6-12-4-8/h3-4,6H,1,5H2,2H3,(H,13,14). The molecule has 1 amide bonds.